The number of hydrogen-bond acceptors (Lipinski definition) is 9. The normalized spacial score (nSPS) is 13.0. The van der Waals surface area contributed by atoms with Crippen molar-refractivity contribution >= 4 is 58.2 Å². The van der Waals surface area contributed by atoms with Gasteiger partial charge in [-0.3, -0.25) is 43.3 Å². The minimum absolute atomic E-state index is 0.0375. The van der Waals surface area contributed by atoms with Crippen LogP contribution in [0.1, 0.15) is 70.6 Å². The zero-order valence-electron chi connectivity index (χ0n) is 35.1. The number of nitrogens with zero attached hydrogens (tertiary/aromatic N) is 1. The standard InChI is InChI=1S/C42H60N10O8/c1-6-26(2)39(51-41(59)36(49-29(5)55)21-32-24-46-34-13-8-7-12-33(32)34)42(60)50-35(14-15-37(43)56)40(58)48-23-31-11-9-10-30(20-31)22-47-38(57)25-52(18-16-44-27(3)53)19-17-45-28(4)54/h7-13,20,24,26,35-36,39,46H,6,14-19,21-23,25H2,1-5H3,(H2,43,56)(H,44,53)(H,45,54)(H,47,57)(H,48,58)(H,49,55)(H,50,60)(H,51,59)/t26?,35-,36-,39-/m0/s1. The molecule has 0 saturated carbocycles. The van der Waals surface area contributed by atoms with Gasteiger partial charge in [-0.1, -0.05) is 62.7 Å². The van der Waals surface area contributed by atoms with Gasteiger partial charge >= 0.3 is 0 Å². The molecule has 2 aromatic carbocycles. The molecule has 0 aliphatic heterocycles. The monoisotopic (exact) mass is 832 g/mol. The van der Waals surface area contributed by atoms with E-state index < -0.39 is 47.7 Å². The first-order valence-corrected chi connectivity index (χ1v) is 20.1. The van der Waals surface area contributed by atoms with E-state index in [0.29, 0.717) is 38.2 Å². The molecule has 18 nitrogen and oxygen atoms in total. The Balaban J connectivity index is 1.65. The van der Waals surface area contributed by atoms with Crippen molar-refractivity contribution in [2.75, 3.05) is 32.7 Å². The van der Waals surface area contributed by atoms with E-state index in [0.717, 1.165) is 22.0 Å². The summed E-state index contributed by atoms with van der Waals surface area (Å²) in [5, 5.41) is 20.2. The van der Waals surface area contributed by atoms with E-state index in [-0.39, 0.29) is 62.5 Å². The van der Waals surface area contributed by atoms with Crippen molar-refractivity contribution in [3.05, 3.63) is 71.4 Å². The number of benzene rings is 2. The Kier molecular flexibility index (Phi) is 19.7. The van der Waals surface area contributed by atoms with E-state index >= 15 is 0 Å². The topological polar surface area (TPSA) is 266 Å². The number of carbonyl (C=O) groups excluding carboxylic acids is 8. The summed E-state index contributed by atoms with van der Waals surface area (Å²) < 4.78 is 0. The van der Waals surface area contributed by atoms with Gasteiger partial charge in [-0.15, -0.1) is 0 Å². The van der Waals surface area contributed by atoms with Gasteiger partial charge in [0.25, 0.3) is 0 Å². The third-order valence-corrected chi connectivity index (χ3v) is 9.82. The molecule has 0 aliphatic rings. The van der Waals surface area contributed by atoms with Crippen LogP contribution in [0.5, 0.6) is 0 Å². The highest BCUT2D eigenvalue weighted by Crippen LogP contribution is 2.20. The van der Waals surface area contributed by atoms with Crippen molar-refractivity contribution in [3.63, 3.8) is 0 Å². The zero-order valence-corrected chi connectivity index (χ0v) is 35.1. The van der Waals surface area contributed by atoms with E-state index in [9.17, 15) is 38.4 Å². The number of aromatic nitrogens is 1. The molecular formula is C42H60N10O8. The summed E-state index contributed by atoms with van der Waals surface area (Å²) in [6, 6.07) is 11.5. The summed E-state index contributed by atoms with van der Waals surface area (Å²) in [5.41, 5.74) is 8.54. The number of para-hydroxylation sites is 1. The first-order valence-electron chi connectivity index (χ1n) is 20.1. The van der Waals surface area contributed by atoms with Gasteiger partial charge in [-0.25, -0.2) is 0 Å². The number of aromatic amines is 1. The summed E-state index contributed by atoms with van der Waals surface area (Å²) in [7, 11) is 0. The van der Waals surface area contributed by atoms with Crippen LogP contribution in [0, 0.1) is 5.92 Å². The zero-order chi connectivity index (χ0) is 44.2. The average molecular weight is 833 g/mol. The first-order chi connectivity index (χ1) is 28.6. The van der Waals surface area contributed by atoms with E-state index in [1.165, 1.54) is 20.8 Å². The number of carbonyl (C=O) groups is 8. The quantitative estimate of drug-likeness (QED) is 0.0556. The maximum absolute atomic E-state index is 13.9. The minimum Gasteiger partial charge on any atom is -0.370 e. The molecule has 10 N–H and O–H groups in total. The molecule has 4 atom stereocenters. The van der Waals surface area contributed by atoms with Gasteiger partial charge in [0.05, 0.1) is 6.54 Å². The Morgan fingerprint density at radius 2 is 1.35 bits per heavy atom. The third-order valence-electron chi connectivity index (χ3n) is 9.82. The van der Waals surface area contributed by atoms with Gasteiger partial charge in [0.15, 0.2) is 0 Å². The van der Waals surface area contributed by atoms with Gasteiger partial charge < -0.3 is 47.9 Å². The number of rotatable bonds is 25. The van der Waals surface area contributed by atoms with Crippen LogP contribution >= 0.6 is 0 Å². The van der Waals surface area contributed by atoms with Crippen LogP contribution in [0.25, 0.3) is 10.9 Å². The van der Waals surface area contributed by atoms with Crippen LogP contribution in [0.15, 0.2) is 54.7 Å². The predicted molar refractivity (Wildman–Crippen MR) is 225 cm³/mol. The lowest BCUT2D eigenvalue weighted by Crippen LogP contribution is -2.58. The lowest BCUT2D eigenvalue weighted by molar-refractivity contribution is -0.134. The third kappa shape index (κ3) is 16.9. The van der Waals surface area contributed by atoms with E-state index in [4.69, 9.17) is 5.73 Å². The fourth-order valence-corrected chi connectivity index (χ4v) is 6.42. The highest BCUT2D eigenvalue weighted by molar-refractivity contribution is 5.95. The molecule has 1 heterocycles. The lowest BCUT2D eigenvalue weighted by Gasteiger charge is -2.28. The Morgan fingerprint density at radius 1 is 0.717 bits per heavy atom. The van der Waals surface area contributed by atoms with Crippen LogP contribution < -0.4 is 43.0 Å². The second kappa shape index (κ2) is 24.6. The van der Waals surface area contributed by atoms with Crippen molar-refractivity contribution in [3.8, 4) is 0 Å². The predicted octanol–water partition coefficient (Wildman–Crippen LogP) is 0.00310. The Labute approximate surface area is 350 Å². The molecule has 0 bridgehead atoms. The van der Waals surface area contributed by atoms with Crippen molar-refractivity contribution in [1.29, 1.82) is 0 Å². The molecule has 0 fully saturated rings. The minimum atomic E-state index is -1.17. The maximum atomic E-state index is 13.9. The molecule has 0 spiro atoms. The molecule has 0 radical (unpaired) electrons. The van der Waals surface area contributed by atoms with Crippen molar-refractivity contribution in [1.82, 2.24) is 47.1 Å². The van der Waals surface area contributed by atoms with Crippen LogP contribution in [0.3, 0.4) is 0 Å². The van der Waals surface area contributed by atoms with Gasteiger partial charge in [0, 0.05) is 90.0 Å². The molecule has 1 unspecified atom stereocenters. The number of hydrogen-bond donors (Lipinski definition) is 9. The van der Waals surface area contributed by atoms with Crippen molar-refractivity contribution < 1.29 is 38.4 Å². The molecule has 326 valence electrons. The van der Waals surface area contributed by atoms with Crippen LogP contribution in [0.2, 0.25) is 0 Å². The van der Waals surface area contributed by atoms with E-state index in [2.05, 4.69) is 42.2 Å². The van der Waals surface area contributed by atoms with Gasteiger partial charge in [0.1, 0.15) is 18.1 Å². The van der Waals surface area contributed by atoms with E-state index in [1.54, 1.807) is 31.3 Å². The lowest BCUT2D eigenvalue weighted by atomic mass is 9.96. The first kappa shape index (κ1) is 48.1. The number of nitrogens with two attached hydrogens (primary N) is 1. The number of nitrogens with one attached hydrogen (secondary N) is 8. The number of fused-ring (bicyclic) bond motifs is 1. The van der Waals surface area contributed by atoms with Crippen LogP contribution in [-0.4, -0.2) is 108 Å². The van der Waals surface area contributed by atoms with Gasteiger partial charge in [-0.2, -0.15) is 0 Å². The fraction of sp³-hybridized carbons (Fsp3) is 0.476. The molecule has 8 amide bonds. The number of H-pyrrole nitrogens is 1. The summed E-state index contributed by atoms with van der Waals surface area (Å²) in [6.07, 6.45) is 2.14. The highest BCUT2D eigenvalue weighted by atomic mass is 16.2. The summed E-state index contributed by atoms with van der Waals surface area (Å²) in [6.45, 7) is 9.52. The van der Waals surface area contributed by atoms with Crippen LogP contribution in [-0.2, 0) is 57.9 Å². The molecule has 0 aliphatic carbocycles. The Bertz CT molecular complexity index is 1950. The summed E-state index contributed by atoms with van der Waals surface area (Å²) in [4.78, 5) is 106. The Morgan fingerprint density at radius 3 is 1.95 bits per heavy atom. The average Bonchev–Trinajstić information content (AvgIpc) is 3.61. The number of amides is 8. The van der Waals surface area contributed by atoms with E-state index in [1.807, 2.05) is 42.2 Å². The summed E-state index contributed by atoms with van der Waals surface area (Å²) >= 11 is 0. The largest absolute Gasteiger partial charge is 0.370 e. The molecule has 0 saturated heterocycles. The van der Waals surface area contributed by atoms with Gasteiger partial charge in [-0.05, 0) is 35.1 Å². The number of primary amides is 1. The Hall–Kier alpha value is -6.30. The van der Waals surface area contributed by atoms with Crippen molar-refractivity contribution in [2.45, 2.75) is 91.5 Å². The second-order valence-corrected chi connectivity index (χ2v) is 14.8. The molecule has 1 aromatic heterocycles. The fourth-order valence-electron chi connectivity index (χ4n) is 6.42. The summed E-state index contributed by atoms with van der Waals surface area (Å²) in [5.74, 6) is -3.90. The van der Waals surface area contributed by atoms with Crippen LogP contribution in [0.4, 0.5) is 0 Å². The molecule has 3 aromatic rings. The molecular weight excluding hydrogens is 773 g/mol. The molecule has 18 heteroatoms. The maximum Gasteiger partial charge on any atom is 0.243 e. The van der Waals surface area contributed by atoms with Gasteiger partial charge in [0.2, 0.25) is 47.3 Å². The molecule has 3 rings (SSSR count). The second-order valence-electron chi connectivity index (χ2n) is 14.8. The molecule has 60 heavy (non-hydrogen) atoms. The SMILES string of the molecule is CCC(C)[C@H](NC(=O)[C@H](Cc1c[nH]c2ccccc12)NC(C)=O)C(=O)N[C@@H](CCC(N)=O)C(=O)NCc1cccc(CNC(=O)CN(CCNC(C)=O)CCNC(C)=O)c1. The highest BCUT2D eigenvalue weighted by Gasteiger charge is 2.32. The van der Waals surface area contributed by atoms with Crippen molar-refractivity contribution in [2.24, 2.45) is 11.7 Å². The smallest absolute Gasteiger partial charge is 0.243 e.